The summed E-state index contributed by atoms with van der Waals surface area (Å²) in [7, 11) is -3.98. The second-order valence-corrected chi connectivity index (χ2v) is 8.74. The molecule has 164 valence electrons. The van der Waals surface area contributed by atoms with Gasteiger partial charge in [0.1, 0.15) is 23.8 Å². The number of aromatic nitrogens is 4. The van der Waals surface area contributed by atoms with Crippen molar-refractivity contribution in [2.45, 2.75) is 44.5 Å². The number of halogens is 2. The van der Waals surface area contributed by atoms with Crippen molar-refractivity contribution in [3.8, 4) is 0 Å². The second-order valence-electron chi connectivity index (χ2n) is 6.68. The molecule has 2 fully saturated rings. The largest absolute Gasteiger partial charge is 0.465 e. The van der Waals surface area contributed by atoms with Crippen LogP contribution in [0.25, 0.3) is 11.2 Å². The average Bonchev–Trinajstić information content (AvgIpc) is 3.23. The molecule has 0 aliphatic carbocycles. The van der Waals surface area contributed by atoms with E-state index in [0.717, 1.165) is 0 Å². The highest BCUT2D eigenvalue weighted by Gasteiger charge is 2.54. The molecule has 30 heavy (non-hydrogen) atoms. The number of anilines is 1. The highest BCUT2D eigenvalue weighted by molar-refractivity contribution is 7.51. The maximum absolute atomic E-state index is 15.3. The van der Waals surface area contributed by atoms with E-state index in [9.17, 15) is 9.36 Å². The van der Waals surface area contributed by atoms with Gasteiger partial charge in [0.05, 0.1) is 19.5 Å². The minimum absolute atomic E-state index is 0.0378. The van der Waals surface area contributed by atoms with E-state index in [1.54, 1.807) is 6.92 Å². The third-order valence-electron chi connectivity index (χ3n) is 4.62. The van der Waals surface area contributed by atoms with Crippen molar-refractivity contribution in [3.63, 3.8) is 0 Å². The van der Waals surface area contributed by atoms with Gasteiger partial charge in [-0.05, 0) is 25.4 Å². The number of nitrogens with zero attached hydrogens (tertiary/aromatic N) is 4. The summed E-state index contributed by atoms with van der Waals surface area (Å²) in [5, 5.41) is 2.32. The summed E-state index contributed by atoms with van der Waals surface area (Å²) in [4.78, 5) is 23.7. The maximum Gasteiger partial charge on any atom is 0.406 e. The average molecular weight is 465 g/mol. The van der Waals surface area contributed by atoms with Crippen LogP contribution in [0, 0.1) is 0 Å². The molecule has 12 nitrogen and oxygen atoms in total. The molecule has 2 aliphatic rings. The van der Waals surface area contributed by atoms with Crippen LogP contribution in [0.4, 0.5) is 10.2 Å². The topological polar surface area (TPSA) is 153 Å². The Balaban J connectivity index is 1.54. The Morgan fingerprint density at radius 3 is 3.07 bits per heavy atom. The van der Waals surface area contributed by atoms with E-state index in [4.69, 9.17) is 35.9 Å². The number of rotatable bonds is 5. The summed E-state index contributed by atoms with van der Waals surface area (Å²) >= 11 is 5.85. The fraction of sp³-hybridized carbons (Fsp3) is 0.600. The van der Waals surface area contributed by atoms with Crippen molar-refractivity contribution in [3.05, 3.63) is 11.6 Å². The first kappa shape index (κ1) is 21.3. The molecule has 0 radical (unpaired) electrons. The Kier molecular flexibility index (Phi) is 5.68. The van der Waals surface area contributed by atoms with Crippen LogP contribution in [-0.2, 0) is 27.9 Å². The molecule has 0 amide bonds. The van der Waals surface area contributed by atoms with Crippen molar-refractivity contribution < 1.29 is 32.3 Å². The van der Waals surface area contributed by atoms with Crippen molar-refractivity contribution >= 4 is 42.3 Å². The van der Waals surface area contributed by atoms with Crippen molar-refractivity contribution in [2.75, 3.05) is 18.9 Å². The number of nitrogens with one attached hydrogen (secondary N) is 1. The second kappa shape index (κ2) is 7.98. The molecular weight excluding hydrogens is 446 g/mol. The molecule has 2 aliphatic heterocycles. The van der Waals surface area contributed by atoms with Crippen LogP contribution in [0.2, 0.25) is 5.28 Å². The standard InChI is InChI=1S/C15H19ClFN6O6P/c1-3-26-14(24)6(2)22-30(25)27-4-7-10(29-30)8(17)13(28-7)23-5-19-9-11(18)20-15(16)21-12(9)23/h5-8,10,13H,3-4H2,1-2H3,(H,22,25)(H2,18,20,21). The van der Waals surface area contributed by atoms with E-state index in [-0.39, 0.29) is 35.5 Å². The minimum Gasteiger partial charge on any atom is -0.465 e. The van der Waals surface area contributed by atoms with Gasteiger partial charge in [-0.3, -0.25) is 18.4 Å². The number of esters is 1. The molecular formula is C15H19ClFN6O6P. The third-order valence-corrected chi connectivity index (χ3v) is 6.51. The smallest absolute Gasteiger partial charge is 0.406 e. The van der Waals surface area contributed by atoms with Gasteiger partial charge < -0.3 is 15.2 Å². The summed E-state index contributed by atoms with van der Waals surface area (Å²) in [6.45, 7) is 3.01. The zero-order valence-corrected chi connectivity index (χ0v) is 17.5. The summed E-state index contributed by atoms with van der Waals surface area (Å²) in [5.74, 6) is -0.603. The van der Waals surface area contributed by atoms with Crippen LogP contribution < -0.4 is 10.8 Å². The number of carbonyl (C=O) groups is 1. The predicted octanol–water partition coefficient (Wildman–Crippen LogP) is 1.36. The highest BCUT2D eigenvalue weighted by Crippen LogP contribution is 2.54. The summed E-state index contributed by atoms with van der Waals surface area (Å²) in [6, 6.07) is -0.983. The monoisotopic (exact) mass is 464 g/mol. The maximum atomic E-state index is 15.3. The van der Waals surface area contributed by atoms with Crippen LogP contribution in [0.1, 0.15) is 20.1 Å². The number of fused-ring (bicyclic) bond motifs is 2. The van der Waals surface area contributed by atoms with Gasteiger partial charge in [0.25, 0.3) is 0 Å². The van der Waals surface area contributed by atoms with Gasteiger partial charge in [-0.1, -0.05) is 0 Å². The van der Waals surface area contributed by atoms with Crippen molar-refractivity contribution in [1.29, 1.82) is 0 Å². The van der Waals surface area contributed by atoms with Crippen molar-refractivity contribution in [1.82, 2.24) is 24.6 Å². The number of hydrogen-bond donors (Lipinski definition) is 2. The summed E-state index contributed by atoms with van der Waals surface area (Å²) in [6.07, 6.45) is -3.72. The number of nitrogen functional groups attached to an aromatic ring is 1. The van der Waals surface area contributed by atoms with Gasteiger partial charge in [-0.15, -0.1) is 0 Å². The van der Waals surface area contributed by atoms with Crippen LogP contribution in [0.5, 0.6) is 0 Å². The van der Waals surface area contributed by atoms with E-state index in [1.165, 1.54) is 17.8 Å². The molecule has 2 saturated heterocycles. The Morgan fingerprint density at radius 1 is 1.57 bits per heavy atom. The zero-order chi connectivity index (χ0) is 21.6. The van der Waals surface area contributed by atoms with E-state index in [1.807, 2.05) is 0 Å². The first-order valence-electron chi connectivity index (χ1n) is 9.05. The van der Waals surface area contributed by atoms with Crippen LogP contribution in [0.3, 0.4) is 0 Å². The lowest BCUT2D eigenvalue weighted by atomic mass is 10.1. The van der Waals surface area contributed by atoms with E-state index in [2.05, 4.69) is 20.0 Å². The lowest BCUT2D eigenvalue weighted by molar-refractivity contribution is -0.144. The van der Waals surface area contributed by atoms with E-state index >= 15 is 4.39 Å². The molecule has 4 heterocycles. The fourth-order valence-corrected chi connectivity index (χ4v) is 5.12. The van der Waals surface area contributed by atoms with Gasteiger partial charge in [0.15, 0.2) is 23.9 Å². The normalized spacial score (nSPS) is 32.1. The SMILES string of the molecule is CCOC(=O)C(C)NP1(=O)OCC2OC(n3cnc4c(N)nc(Cl)nc43)C(F)C2O1. The number of carbonyl (C=O) groups excluding carboxylic acids is 1. The lowest BCUT2D eigenvalue weighted by Gasteiger charge is -2.32. The number of alkyl halides is 1. The molecule has 0 bridgehead atoms. The Hall–Kier alpha value is -1.89. The van der Waals surface area contributed by atoms with Crippen molar-refractivity contribution in [2.24, 2.45) is 0 Å². The Morgan fingerprint density at radius 2 is 2.33 bits per heavy atom. The predicted molar refractivity (Wildman–Crippen MR) is 101 cm³/mol. The zero-order valence-electron chi connectivity index (χ0n) is 15.9. The Bertz CT molecular complexity index is 1020. The van der Waals surface area contributed by atoms with Gasteiger partial charge in [-0.2, -0.15) is 9.97 Å². The van der Waals surface area contributed by atoms with Crippen LogP contribution >= 0.6 is 19.3 Å². The minimum atomic E-state index is -3.98. The Labute approximate surface area is 174 Å². The molecule has 4 rings (SSSR count). The lowest BCUT2D eigenvalue weighted by Crippen LogP contribution is -2.43. The van der Waals surface area contributed by atoms with Gasteiger partial charge in [0, 0.05) is 0 Å². The van der Waals surface area contributed by atoms with Crippen LogP contribution in [-0.4, -0.2) is 63.1 Å². The molecule has 6 unspecified atom stereocenters. The molecule has 3 N–H and O–H groups in total. The fourth-order valence-electron chi connectivity index (χ4n) is 3.26. The summed E-state index contributed by atoms with van der Waals surface area (Å²) < 4.78 is 50.7. The van der Waals surface area contributed by atoms with Gasteiger partial charge >= 0.3 is 13.7 Å². The number of ether oxygens (including phenoxy) is 2. The first-order chi connectivity index (χ1) is 14.2. The summed E-state index contributed by atoms with van der Waals surface area (Å²) in [5.41, 5.74) is 6.19. The number of hydrogen-bond acceptors (Lipinski definition) is 10. The molecule has 6 atom stereocenters. The van der Waals surface area contributed by atoms with E-state index in [0.29, 0.717) is 0 Å². The first-order valence-corrected chi connectivity index (χ1v) is 11.0. The molecule has 2 aromatic rings. The molecule has 2 aromatic heterocycles. The van der Waals surface area contributed by atoms with E-state index < -0.39 is 44.4 Å². The molecule has 0 aromatic carbocycles. The van der Waals surface area contributed by atoms with Gasteiger partial charge in [-0.25, -0.2) is 19.0 Å². The molecule has 0 spiro atoms. The van der Waals surface area contributed by atoms with Crippen LogP contribution in [0.15, 0.2) is 6.33 Å². The van der Waals surface area contributed by atoms with Gasteiger partial charge in [0.2, 0.25) is 5.28 Å². The molecule has 15 heteroatoms. The number of nitrogens with two attached hydrogens (primary N) is 1. The highest BCUT2D eigenvalue weighted by atomic mass is 35.5. The third kappa shape index (κ3) is 3.77. The molecule has 0 saturated carbocycles. The quantitative estimate of drug-likeness (QED) is 0.374. The number of imidazole rings is 1.